The van der Waals surface area contributed by atoms with E-state index in [1.807, 2.05) is 60.7 Å². The van der Waals surface area contributed by atoms with Gasteiger partial charge in [0.25, 0.3) is 0 Å². The molecule has 2 amide bonds. The molecule has 3 saturated heterocycles. The van der Waals surface area contributed by atoms with Crippen LogP contribution in [0.3, 0.4) is 0 Å². The van der Waals surface area contributed by atoms with Gasteiger partial charge in [-0.15, -0.1) is 10.2 Å². The summed E-state index contributed by atoms with van der Waals surface area (Å²) in [5, 5.41) is 16.8. The number of carbonyl (C=O) groups is 2. The molecule has 5 heterocycles. The topological polar surface area (TPSA) is 120 Å². The van der Waals surface area contributed by atoms with E-state index in [0.717, 1.165) is 11.4 Å². The first-order chi connectivity index (χ1) is 18.6. The largest absolute Gasteiger partial charge is 0.347 e. The number of benzene rings is 2. The van der Waals surface area contributed by atoms with Crippen molar-refractivity contribution >= 4 is 11.8 Å². The van der Waals surface area contributed by atoms with Crippen LogP contribution in [0.15, 0.2) is 73.1 Å². The maximum Gasteiger partial charge on any atom is 0.227 e. The number of hydrogen-bond donors (Lipinski definition) is 0. The Morgan fingerprint density at radius 1 is 0.658 bits per heavy atom. The lowest BCUT2D eigenvalue weighted by Gasteiger charge is -2.39. The normalized spacial score (nSPS) is 24.6. The molecule has 12 heteroatoms. The first kappa shape index (κ1) is 22.8. The minimum Gasteiger partial charge on any atom is -0.347 e. The molecule has 12 nitrogen and oxygen atoms in total. The van der Waals surface area contributed by atoms with Crippen LogP contribution >= 0.6 is 0 Å². The van der Waals surface area contributed by atoms with Gasteiger partial charge in [-0.1, -0.05) is 46.8 Å². The van der Waals surface area contributed by atoms with Gasteiger partial charge in [-0.2, -0.15) is 0 Å². The van der Waals surface area contributed by atoms with E-state index in [1.165, 1.54) is 0 Å². The van der Waals surface area contributed by atoms with Crippen molar-refractivity contribution in [1.29, 1.82) is 0 Å². The minimum absolute atomic E-state index is 0.0853. The van der Waals surface area contributed by atoms with Gasteiger partial charge in [-0.3, -0.25) is 9.59 Å². The van der Waals surface area contributed by atoms with E-state index in [4.69, 9.17) is 9.47 Å². The van der Waals surface area contributed by atoms with Crippen LogP contribution in [0.5, 0.6) is 0 Å². The Labute approximate surface area is 217 Å². The van der Waals surface area contributed by atoms with Gasteiger partial charge >= 0.3 is 0 Å². The summed E-state index contributed by atoms with van der Waals surface area (Å²) in [6.07, 6.45) is 1.80. The highest BCUT2D eigenvalue weighted by atomic mass is 16.6. The number of likely N-dealkylation sites (tertiary alicyclic amines) is 2. The van der Waals surface area contributed by atoms with E-state index in [2.05, 4.69) is 20.6 Å². The number of fused-ring (bicyclic) bond motifs is 2. The lowest BCUT2D eigenvalue weighted by Crippen LogP contribution is -2.53. The van der Waals surface area contributed by atoms with Gasteiger partial charge in [-0.05, 0) is 24.3 Å². The van der Waals surface area contributed by atoms with Crippen LogP contribution in [-0.4, -0.2) is 76.3 Å². The zero-order valence-electron chi connectivity index (χ0n) is 20.3. The van der Waals surface area contributed by atoms with Crippen molar-refractivity contribution in [3.05, 3.63) is 84.4 Å². The molecule has 0 aliphatic carbocycles. The quantitative estimate of drug-likeness (QED) is 0.381. The van der Waals surface area contributed by atoms with Crippen molar-refractivity contribution in [3.63, 3.8) is 0 Å². The molecule has 0 spiro atoms. The Morgan fingerprint density at radius 2 is 1.08 bits per heavy atom. The highest BCUT2D eigenvalue weighted by molar-refractivity contribution is 5.81. The molecule has 0 bridgehead atoms. The van der Waals surface area contributed by atoms with Crippen molar-refractivity contribution in [2.75, 3.05) is 0 Å². The van der Waals surface area contributed by atoms with Crippen LogP contribution in [0.25, 0.3) is 11.4 Å². The maximum atomic E-state index is 12.9. The summed E-state index contributed by atoms with van der Waals surface area (Å²) >= 11 is 0. The molecule has 3 aliphatic heterocycles. The lowest BCUT2D eigenvalue weighted by atomic mass is 10.2. The van der Waals surface area contributed by atoms with Gasteiger partial charge in [0.05, 0.1) is 49.7 Å². The Kier molecular flexibility index (Phi) is 5.48. The zero-order chi connectivity index (χ0) is 25.6. The van der Waals surface area contributed by atoms with Gasteiger partial charge in [0, 0.05) is 0 Å². The van der Waals surface area contributed by atoms with Crippen LogP contribution in [0.4, 0.5) is 0 Å². The van der Waals surface area contributed by atoms with E-state index in [-0.39, 0.29) is 37.7 Å². The molecule has 4 atom stereocenters. The van der Waals surface area contributed by atoms with Gasteiger partial charge in [-0.25, -0.2) is 9.36 Å². The summed E-state index contributed by atoms with van der Waals surface area (Å²) < 4.78 is 16.0. The van der Waals surface area contributed by atoms with Crippen molar-refractivity contribution in [1.82, 2.24) is 39.8 Å². The molecule has 0 saturated carbocycles. The average molecular weight is 513 g/mol. The molecule has 3 aliphatic rings. The summed E-state index contributed by atoms with van der Waals surface area (Å²) in [5.41, 5.74) is 3.04. The third kappa shape index (κ3) is 4.03. The SMILES string of the molecule is O=C1C[C@H]2O[C@@H]3[C@@H](CC(=O)N3Cc3cn(-c4ccccc4)nn3)O[C@H]2N1Cc1cn(-c2ccccc2)nn1. The van der Waals surface area contributed by atoms with Crippen LogP contribution in [0, 0.1) is 0 Å². The van der Waals surface area contributed by atoms with Gasteiger partial charge in [0.15, 0.2) is 12.5 Å². The number of ether oxygens (including phenoxy) is 2. The third-order valence-electron chi connectivity index (χ3n) is 7.06. The minimum atomic E-state index is -0.586. The Morgan fingerprint density at radius 3 is 1.50 bits per heavy atom. The second kappa shape index (κ2) is 9.15. The molecule has 192 valence electrons. The smallest absolute Gasteiger partial charge is 0.227 e. The fourth-order valence-corrected chi connectivity index (χ4v) is 5.24. The number of aromatic nitrogens is 6. The fourth-order valence-electron chi connectivity index (χ4n) is 5.24. The number of hydrogen-bond acceptors (Lipinski definition) is 8. The van der Waals surface area contributed by atoms with E-state index in [1.54, 1.807) is 31.6 Å². The number of amides is 2. The van der Waals surface area contributed by atoms with E-state index < -0.39 is 24.7 Å². The van der Waals surface area contributed by atoms with Crippen LogP contribution in [0.1, 0.15) is 24.2 Å². The molecular formula is C26H24N8O4. The van der Waals surface area contributed by atoms with Gasteiger partial charge in [0.2, 0.25) is 11.8 Å². The molecular weight excluding hydrogens is 488 g/mol. The third-order valence-corrected chi connectivity index (χ3v) is 7.06. The Hall–Kier alpha value is -4.42. The first-order valence-electron chi connectivity index (χ1n) is 12.5. The molecule has 3 fully saturated rings. The van der Waals surface area contributed by atoms with Crippen molar-refractivity contribution in [3.8, 4) is 11.4 Å². The number of para-hydroxylation sites is 2. The van der Waals surface area contributed by atoms with Crippen molar-refractivity contribution in [2.45, 2.75) is 50.6 Å². The summed E-state index contributed by atoms with van der Waals surface area (Å²) in [6, 6.07) is 19.3. The Balaban J connectivity index is 1.04. The van der Waals surface area contributed by atoms with Crippen LogP contribution in [-0.2, 0) is 32.2 Å². The van der Waals surface area contributed by atoms with E-state index in [0.29, 0.717) is 11.4 Å². The highest BCUT2D eigenvalue weighted by Gasteiger charge is 2.54. The predicted molar refractivity (Wildman–Crippen MR) is 130 cm³/mol. The van der Waals surface area contributed by atoms with E-state index >= 15 is 0 Å². The monoisotopic (exact) mass is 512 g/mol. The number of carbonyl (C=O) groups excluding carboxylic acids is 2. The van der Waals surface area contributed by atoms with E-state index in [9.17, 15) is 9.59 Å². The summed E-state index contributed by atoms with van der Waals surface area (Å²) in [7, 11) is 0. The predicted octanol–water partition coefficient (Wildman–Crippen LogP) is 1.45. The Bertz CT molecular complexity index is 1360. The van der Waals surface area contributed by atoms with Crippen molar-refractivity contribution in [2.24, 2.45) is 0 Å². The molecule has 2 aromatic carbocycles. The molecule has 2 aromatic heterocycles. The van der Waals surface area contributed by atoms with Gasteiger partial charge in [0.1, 0.15) is 23.6 Å². The summed E-state index contributed by atoms with van der Waals surface area (Å²) in [6.45, 7) is 0.488. The number of nitrogens with zero attached hydrogens (tertiary/aromatic N) is 8. The van der Waals surface area contributed by atoms with Crippen LogP contribution < -0.4 is 0 Å². The average Bonchev–Trinajstić information content (AvgIpc) is 3.72. The summed E-state index contributed by atoms with van der Waals surface area (Å²) in [4.78, 5) is 29.1. The second-order valence-electron chi connectivity index (χ2n) is 9.56. The molecule has 0 radical (unpaired) electrons. The molecule has 0 N–H and O–H groups in total. The standard InChI is InChI=1S/C26H24N8O4/c35-23-11-21-25(31(23)13-17-15-33(29-27-17)19-7-3-1-4-8-19)37-22-12-24(36)32(26(22)38-21)14-18-16-34(30-28-18)20-9-5-2-6-10-20/h1-10,15-16,21-22,25-26H,11-14H2/t21-,22-,25-,26-/m1/s1. The molecule has 7 rings (SSSR count). The molecule has 38 heavy (non-hydrogen) atoms. The van der Waals surface area contributed by atoms with Crippen molar-refractivity contribution < 1.29 is 19.1 Å². The van der Waals surface area contributed by atoms with Gasteiger partial charge < -0.3 is 19.3 Å². The lowest BCUT2D eigenvalue weighted by molar-refractivity contribution is -0.256. The number of rotatable bonds is 6. The van der Waals surface area contributed by atoms with Crippen LogP contribution in [0.2, 0.25) is 0 Å². The molecule has 4 aromatic rings. The second-order valence-corrected chi connectivity index (χ2v) is 9.56. The maximum absolute atomic E-state index is 12.9. The summed E-state index contributed by atoms with van der Waals surface area (Å²) in [5.74, 6) is -0.171. The highest BCUT2D eigenvalue weighted by Crippen LogP contribution is 2.38. The molecule has 0 unspecified atom stereocenters. The zero-order valence-corrected chi connectivity index (χ0v) is 20.3. The fraction of sp³-hybridized carbons (Fsp3) is 0.308. The first-order valence-corrected chi connectivity index (χ1v) is 12.5.